The van der Waals surface area contributed by atoms with Gasteiger partial charge in [-0.25, -0.2) is 0 Å². The van der Waals surface area contributed by atoms with E-state index in [1.807, 2.05) is 6.92 Å². The average Bonchev–Trinajstić information content (AvgIpc) is 2.40. The first-order chi connectivity index (χ1) is 9.08. The molecule has 1 saturated heterocycles. The van der Waals surface area contributed by atoms with Gasteiger partial charge < -0.3 is 14.9 Å². The number of nitrogens with one attached hydrogen (secondary N) is 1. The quantitative estimate of drug-likeness (QED) is 0.644. The Morgan fingerprint density at radius 3 is 2.21 bits per heavy atom. The molecule has 0 bridgehead atoms. The number of aliphatic hydroxyl groups excluding tert-OH is 1. The topological polar surface area (TPSA) is 42.0 Å². The Kier molecular flexibility index (Phi) is 7.87. The van der Waals surface area contributed by atoms with Crippen molar-refractivity contribution in [1.82, 2.24) is 20.0 Å². The lowest BCUT2D eigenvalue weighted by Crippen LogP contribution is -2.58. The molecule has 0 saturated carbocycles. The third kappa shape index (κ3) is 5.75. The molecule has 0 aromatic carbocycles. The highest BCUT2D eigenvalue weighted by Gasteiger charge is 2.25. The van der Waals surface area contributed by atoms with Gasteiger partial charge in [-0.05, 0) is 27.1 Å². The molecule has 0 aliphatic carbocycles. The van der Waals surface area contributed by atoms with E-state index < -0.39 is 0 Å². The van der Waals surface area contributed by atoms with Crippen molar-refractivity contribution in [2.75, 3.05) is 59.4 Å². The van der Waals surface area contributed by atoms with Crippen LogP contribution in [0, 0.1) is 0 Å². The Labute approximate surface area is 118 Å². The Morgan fingerprint density at radius 1 is 1.16 bits per heavy atom. The van der Waals surface area contributed by atoms with Gasteiger partial charge in [0, 0.05) is 39.3 Å². The molecule has 1 heterocycles. The van der Waals surface area contributed by atoms with Crippen LogP contribution in [0.5, 0.6) is 0 Å². The van der Waals surface area contributed by atoms with Crippen LogP contribution >= 0.6 is 0 Å². The normalized spacial score (nSPS) is 21.8. The van der Waals surface area contributed by atoms with Crippen molar-refractivity contribution in [2.24, 2.45) is 0 Å². The maximum Gasteiger partial charge on any atom is 0.0863 e. The van der Waals surface area contributed by atoms with Crippen molar-refractivity contribution >= 4 is 0 Å². The molecular formula is C14H32N4O. The van der Waals surface area contributed by atoms with E-state index in [-0.39, 0.29) is 12.3 Å². The number of hydrogen-bond acceptors (Lipinski definition) is 5. The van der Waals surface area contributed by atoms with Gasteiger partial charge in [-0.3, -0.25) is 10.2 Å². The summed E-state index contributed by atoms with van der Waals surface area (Å²) in [6.07, 6.45) is -0.246. The Morgan fingerprint density at radius 2 is 1.74 bits per heavy atom. The van der Waals surface area contributed by atoms with Crippen LogP contribution in [-0.2, 0) is 0 Å². The van der Waals surface area contributed by atoms with Gasteiger partial charge in [-0.2, -0.15) is 0 Å². The lowest BCUT2D eigenvalue weighted by molar-refractivity contribution is 0.0145. The second kappa shape index (κ2) is 8.87. The lowest BCUT2D eigenvalue weighted by Gasteiger charge is -2.39. The molecule has 1 aliphatic rings. The van der Waals surface area contributed by atoms with E-state index in [0.717, 1.165) is 52.4 Å². The van der Waals surface area contributed by atoms with Crippen LogP contribution in [0.25, 0.3) is 0 Å². The molecule has 1 aliphatic heterocycles. The maximum absolute atomic E-state index is 9.98. The first-order valence-corrected chi connectivity index (χ1v) is 7.64. The summed E-state index contributed by atoms with van der Waals surface area (Å²) in [5, 5.41) is 13.5. The molecular weight excluding hydrogens is 240 g/mol. The minimum Gasteiger partial charge on any atom is -0.390 e. The molecule has 1 rings (SSSR count). The molecule has 2 atom stereocenters. The van der Waals surface area contributed by atoms with E-state index in [1.165, 1.54) is 0 Å². The second-order valence-electron chi connectivity index (χ2n) is 5.51. The van der Waals surface area contributed by atoms with Crippen molar-refractivity contribution in [2.45, 2.75) is 33.0 Å². The van der Waals surface area contributed by atoms with Crippen molar-refractivity contribution in [3.05, 3.63) is 0 Å². The summed E-state index contributed by atoms with van der Waals surface area (Å²) in [4.78, 5) is 7.11. The molecule has 0 radical (unpaired) electrons. The smallest absolute Gasteiger partial charge is 0.0863 e. The zero-order chi connectivity index (χ0) is 14.3. The predicted octanol–water partition coefficient (Wildman–Crippen LogP) is -0.128. The summed E-state index contributed by atoms with van der Waals surface area (Å²) < 4.78 is 0. The highest BCUT2D eigenvalue weighted by atomic mass is 16.3. The molecule has 1 fully saturated rings. The molecule has 114 valence electrons. The molecule has 0 amide bonds. The number of piperazine rings is 1. The van der Waals surface area contributed by atoms with Crippen LogP contribution in [0.4, 0.5) is 0 Å². The molecule has 5 nitrogen and oxygen atoms in total. The van der Waals surface area contributed by atoms with Crippen molar-refractivity contribution in [3.63, 3.8) is 0 Å². The number of aliphatic hydroxyl groups is 1. The van der Waals surface area contributed by atoms with Crippen molar-refractivity contribution in [1.29, 1.82) is 0 Å². The van der Waals surface area contributed by atoms with Gasteiger partial charge in [-0.15, -0.1) is 0 Å². The fourth-order valence-corrected chi connectivity index (χ4v) is 2.62. The molecule has 2 N–H and O–H groups in total. The molecule has 0 aromatic rings. The van der Waals surface area contributed by atoms with Crippen molar-refractivity contribution < 1.29 is 5.11 Å². The monoisotopic (exact) mass is 272 g/mol. The highest BCUT2D eigenvalue weighted by molar-refractivity contribution is 4.79. The van der Waals surface area contributed by atoms with Gasteiger partial charge in [0.15, 0.2) is 0 Å². The molecule has 0 aromatic heterocycles. The number of hydrogen-bond donors (Lipinski definition) is 2. The minimum atomic E-state index is -0.333. The molecule has 2 unspecified atom stereocenters. The molecule has 5 heteroatoms. The summed E-state index contributed by atoms with van der Waals surface area (Å²) in [6.45, 7) is 14.7. The third-order valence-electron chi connectivity index (χ3n) is 4.06. The lowest BCUT2D eigenvalue weighted by atomic mass is 10.2. The zero-order valence-electron chi connectivity index (χ0n) is 13.1. The van der Waals surface area contributed by atoms with E-state index in [2.05, 4.69) is 40.9 Å². The van der Waals surface area contributed by atoms with Crippen LogP contribution in [0.1, 0.15) is 20.8 Å². The fraction of sp³-hybridized carbons (Fsp3) is 1.00. The van der Waals surface area contributed by atoms with Gasteiger partial charge in [0.1, 0.15) is 0 Å². The van der Waals surface area contributed by atoms with Crippen LogP contribution in [0.2, 0.25) is 0 Å². The Bertz CT molecular complexity index is 225. The van der Waals surface area contributed by atoms with E-state index in [9.17, 15) is 5.11 Å². The fourth-order valence-electron chi connectivity index (χ4n) is 2.62. The molecule has 0 spiro atoms. The largest absolute Gasteiger partial charge is 0.390 e. The summed E-state index contributed by atoms with van der Waals surface area (Å²) >= 11 is 0. The predicted molar refractivity (Wildman–Crippen MR) is 80.3 cm³/mol. The number of likely N-dealkylation sites (N-methyl/N-ethyl adjacent to an activating group) is 2. The summed E-state index contributed by atoms with van der Waals surface area (Å²) in [6, 6.07) is 0. The average molecular weight is 272 g/mol. The maximum atomic E-state index is 9.98. The van der Waals surface area contributed by atoms with E-state index in [4.69, 9.17) is 0 Å². The first kappa shape index (κ1) is 16.9. The molecule has 19 heavy (non-hydrogen) atoms. The first-order valence-electron chi connectivity index (χ1n) is 7.64. The van der Waals surface area contributed by atoms with Gasteiger partial charge >= 0.3 is 0 Å². The van der Waals surface area contributed by atoms with Crippen LogP contribution < -0.4 is 5.32 Å². The van der Waals surface area contributed by atoms with E-state index >= 15 is 0 Å². The SMILES string of the molecule is CCN(CC)CCNC(C(C)O)N1CCN(C)CC1. The van der Waals surface area contributed by atoms with Gasteiger partial charge in [-0.1, -0.05) is 13.8 Å². The van der Waals surface area contributed by atoms with Gasteiger partial charge in [0.25, 0.3) is 0 Å². The van der Waals surface area contributed by atoms with Gasteiger partial charge in [0.05, 0.1) is 12.3 Å². The summed E-state index contributed by atoms with van der Waals surface area (Å²) in [5.74, 6) is 0. The number of rotatable bonds is 8. The summed E-state index contributed by atoms with van der Waals surface area (Å²) in [7, 11) is 2.16. The highest BCUT2D eigenvalue weighted by Crippen LogP contribution is 2.06. The number of nitrogens with zero attached hydrogens (tertiary/aromatic N) is 3. The van der Waals surface area contributed by atoms with E-state index in [1.54, 1.807) is 0 Å². The third-order valence-corrected chi connectivity index (χ3v) is 4.06. The second-order valence-corrected chi connectivity index (χ2v) is 5.51. The standard InChI is InChI=1S/C14H32N4O/c1-5-17(6-2)8-7-15-14(13(3)19)18-11-9-16(4)10-12-18/h13-15,19H,5-12H2,1-4H3. The van der Waals surface area contributed by atoms with Crippen molar-refractivity contribution in [3.8, 4) is 0 Å². The zero-order valence-corrected chi connectivity index (χ0v) is 13.1. The minimum absolute atomic E-state index is 0.0873. The van der Waals surface area contributed by atoms with Gasteiger partial charge in [0.2, 0.25) is 0 Å². The summed E-state index contributed by atoms with van der Waals surface area (Å²) in [5.41, 5.74) is 0. The Hall–Kier alpha value is -0.200. The van der Waals surface area contributed by atoms with Crippen LogP contribution in [0.3, 0.4) is 0 Å². The van der Waals surface area contributed by atoms with E-state index in [0.29, 0.717) is 0 Å². The van der Waals surface area contributed by atoms with Crippen LogP contribution in [-0.4, -0.2) is 91.5 Å². The Balaban J connectivity index is 2.36. The van der Waals surface area contributed by atoms with Crippen LogP contribution in [0.15, 0.2) is 0 Å².